The van der Waals surface area contributed by atoms with Crippen LogP contribution in [0, 0.1) is 11.3 Å². The third kappa shape index (κ3) is 3.57. The highest BCUT2D eigenvalue weighted by molar-refractivity contribution is 7.00. The van der Waals surface area contributed by atoms with Gasteiger partial charge in [-0.3, -0.25) is 4.90 Å². The largest absolute Gasteiger partial charge is 0.311 e. The summed E-state index contributed by atoms with van der Waals surface area (Å²) in [6.45, 7) is 0.0516. The van der Waals surface area contributed by atoms with Crippen molar-refractivity contribution in [3.8, 4) is 17.5 Å². The Balaban J connectivity index is 1.42. The molecule has 6 aromatic rings. The molecule has 0 saturated carbocycles. The summed E-state index contributed by atoms with van der Waals surface area (Å²) in [6, 6.07) is 48.1. The van der Waals surface area contributed by atoms with Gasteiger partial charge in [0.25, 0.3) is 6.71 Å². The average Bonchev–Trinajstić information content (AvgIpc) is 3.05. The molecule has 1 aromatic heterocycles. The van der Waals surface area contributed by atoms with Gasteiger partial charge in [-0.15, -0.1) is 0 Å². The molecule has 0 fully saturated rings. The number of nitriles is 1. The minimum Gasteiger partial charge on any atom is -0.311 e. The van der Waals surface area contributed by atoms with Crippen LogP contribution in [0.3, 0.4) is 0 Å². The maximum atomic E-state index is 9.96. The Morgan fingerprint density at radius 1 is 0.561 bits per heavy atom. The Bertz CT molecular complexity index is 1980. The molecule has 5 aromatic carbocycles. The molecule has 0 unspecified atom stereocenters. The molecule has 2 aliphatic heterocycles. The molecule has 0 spiro atoms. The van der Waals surface area contributed by atoms with E-state index >= 15 is 0 Å². The topological polar surface area (TPSA) is 56.1 Å². The summed E-state index contributed by atoms with van der Waals surface area (Å²) in [5.74, 6) is 1.19. The number of hydrogen-bond donors (Lipinski definition) is 0. The van der Waals surface area contributed by atoms with Gasteiger partial charge in [0.15, 0.2) is 5.82 Å². The number of para-hydroxylation sites is 3. The zero-order chi connectivity index (χ0) is 27.3. The minimum absolute atomic E-state index is 0.0516. The lowest BCUT2D eigenvalue weighted by atomic mass is 9.33. The number of anilines is 6. The van der Waals surface area contributed by atoms with Gasteiger partial charge in [0.05, 0.1) is 0 Å². The van der Waals surface area contributed by atoms with E-state index in [0.29, 0.717) is 17.3 Å². The molecular weight excluding hydrogens is 501 g/mol. The van der Waals surface area contributed by atoms with E-state index in [9.17, 15) is 5.26 Å². The second kappa shape index (κ2) is 9.22. The predicted molar refractivity (Wildman–Crippen MR) is 166 cm³/mol. The van der Waals surface area contributed by atoms with E-state index in [0.717, 1.165) is 28.3 Å². The van der Waals surface area contributed by atoms with E-state index in [2.05, 4.69) is 112 Å². The van der Waals surface area contributed by atoms with Gasteiger partial charge in [0.2, 0.25) is 0 Å². The molecule has 0 radical (unpaired) electrons. The number of benzene rings is 5. The summed E-state index contributed by atoms with van der Waals surface area (Å²) in [5.41, 5.74) is 10.4. The van der Waals surface area contributed by atoms with Crippen molar-refractivity contribution in [1.82, 2.24) is 9.97 Å². The van der Waals surface area contributed by atoms with Crippen LogP contribution in [0.2, 0.25) is 0 Å². The summed E-state index contributed by atoms with van der Waals surface area (Å²) < 4.78 is 0. The summed E-state index contributed by atoms with van der Waals surface area (Å²) in [6.07, 6.45) is 0. The maximum absolute atomic E-state index is 9.96. The van der Waals surface area contributed by atoms with Crippen molar-refractivity contribution in [2.75, 3.05) is 9.80 Å². The monoisotopic (exact) mass is 523 g/mol. The lowest BCUT2D eigenvalue weighted by Crippen LogP contribution is -2.61. The van der Waals surface area contributed by atoms with Gasteiger partial charge >= 0.3 is 0 Å². The predicted octanol–water partition coefficient (Wildman–Crippen LogP) is 6.10. The third-order valence-corrected chi connectivity index (χ3v) is 7.91. The van der Waals surface area contributed by atoms with Crippen molar-refractivity contribution in [3.63, 3.8) is 0 Å². The highest BCUT2D eigenvalue weighted by atomic mass is 15.2. The van der Waals surface area contributed by atoms with Gasteiger partial charge in [0, 0.05) is 40.1 Å². The Morgan fingerprint density at radius 3 is 1.80 bits per heavy atom. The number of rotatable bonds is 3. The molecular formula is C35H22BN5. The zero-order valence-electron chi connectivity index (χ0n) is 22.0. The second-order valence-electron chi connectivity index (χ2n) is 10.2. The standard InChI is InChI=1S/C35H22BN5/c37-23-25-22-33(39-35(38-25)24-12-3-1-4-13-24)41-30-19-10-8-17-28(30)36-27-16-7-9-18-29(27)40(26-14-5-2-6-15-26)31-20-11-21-32(41)34(31)36/h1-22H. The first-order chi connectivity index (χ1) is 20.3. The lowest BCUT2D eigenvalue weighted by molar-refractivity contribution is 1.10. The van der Waals surface area contributed by atoms with E-state index in [1.807, 2.05) is 36.4 Å². The maximum Gasteiger partial charge on any atom is 0.252 e. The van der Waals surface area contributed by atoms with Crippen molar-refractivity contribution in [1.29, 1.82) is 5.26 Å². The van der Waals surface area contributed by atoms with Gasteiger partial charge in [-0.1, -0.05) is 91.0 Å². The van der Waals surface area contributed by atoms with Gasteiger partial charge < -0.3 is 4.90 Å². The van der Waals surface area contributed by atoms with Crippen LogP contribution in [0.5, 0.6) is 0 Å². The molecule has 6 heteroatoms. The fourth-order valence-corrected chi connectivity index (χ4v) is 6.26. The molecule has 2 aliphatic rings. The van der Waals surface area contributed by atoms with Gasteiger partial charge in [-0.2, -0.15) is 5.26 Å². The number of hydrogen-bond acceptors (Lipinski definition) is 5. The van der Waals surface area contributed by atoms with E-state index in [4.69, 9.17) is 4.98 Å². The highest BCUT2D eigenvalue weighted by Gasteiger charge is 2.43. The minimum atomic E-state index is 0.0516. The third-order valence-electron chi connectivity index (χ3n) is 7.91. The van der Waals surface area contributed by atoms with Crippen LogP contribution in [-0.2, 0) is 0 Å². The summed E-state index contributed by atoms with van der Waals surface area (Å²) in [7, 11) is 0. The number of nitrogens with zero attached hydrogens (tertiary/aromatic N) is 5. The first-order valence-electron chi connectivity index (χ1n) is 13.6. The van der Waals surface area contributed by atoms with Gasteiger partial charge in [-0.25, -0.2) is 9.97 Å². The van der Waals surface area contributed by atoms with E-state index in [1.165, 1.54) is 22.1 Å². The lowest BCUT2D eigenvalue weighted by Gasteiger charge is -2.43. The number of aromatic nitrogens is 2. The van der Waals surface area contributed by atoms with Crippen LogP contribution in [0.25, 0.3) is 11.4 Å². The first kappa shape index (κ1) is 23.2. The van der Waals surface area contributed by atoms with Crippen LogP contribution in [0.1, 0.15) is 5.69 Å². The fourth-order valence-electron chi connectivity index (χ4n) is 6.26. The first-order valence-corrected chi connectivity index (χ1v) is 13.6. The van der Waals surface area contributed by atoms with Gasteiger partial charge in [0.1, 0.15) is 17.6 Å². The van der Waals surface area contributed by atoms with Crippen LogP contribution in [0.15, 0.2) is 133 Å². The molecule has 0 bridgehead atoms. The quantitative estimate of drug-likeness (QED) is 0.262. The molecule has 190 valence electrons. The van der Waals surface area contributed by atoms with Crippen molar-refractivity contribution >= 4 is 57.4 Å². The zero-order valence-corrected chi connectivity index (χ0v) is 22.0. The molecule has 3 heterocycles. The van der Waals surface area contributed by atoms with Crippen molar-refractivity contribution in [3.05, 3.63) is 139 Å². The molecule has 0 saturated heterocycles. The van der Waals surface area contributed by atoms with Crippen molar-refractivity contribution in [2.24, 2.45) is 0 Å². The van der Waals surface area contributed by atoms with Crippen molar-refractivity contribution < 1.29 is 0 Å². The van der Waals surface area contributed by atoms with Crippen LogP contribution < -0.4 is 26.2 Å². The molecule has 8 rings (SSSR count). The summed E-state index contributed by atoms with van der Waals surface area (Å²) >= 11 is 0. The molecule has 0 N–H and O–H groups in total. The smallest absolute Gasteiger partial charge is 0.252 e. The van der Waals surface area contributed by atoms with E-state index < -0.39 is 0 Å². The van der Waals surface area contributed by atoms with Crippen molar-refractivity contribution in [2.45, 2.75) is 0 Å². The average molecular weight is 523 g/mol. The highest BCUT2D eigenvalue weighted by Crippen LogP contribution is 2.43. The van der Waals surface area contributed by atoms with Crippen LogP contribution in [0.4, 0.5) is 34.3 Å². The second-order valence-corrected chi connectivity index (χ2v) is 10.2. The van der Waals surface area contributed by atoms with E-state index in [1.54, 1.807) is 6.07 Å². The van der Waals surface area contributed by atoms with E-state index in [-0.39, 0.29) is 6.71 Å². The van der Waals surface area contributed by atoms with Gasteiger partial charge in [-0.05, 0) is 52.8 Å². The SMILES string of the molecule is N#Cc1cc(N2c3ccccc3B3c4ccccc4N(c4ccccc4)c4cccc2c43)nc(-c2ccccc2)n1. The number of fused-ring (bicyclic) bond motifs is 4. The molecule has 0 aliphatic carbocycles. The Labute approximate surface area is 238 Å². The Morgan fingerprint density at radius 2 is 1.12 bits per heavy atom. The van der Waals surface area contributed by atoms with Crippen LogP contribution >= 0.6 is 0 Å². The summed E-state index contributed by atoms with van der Waals surface area (Å²) in [5, 5.41) is 9.96. The molecule has 0 atom stereocenters. The molecule has 5 nitrogen and oxygen atoms in total. The fraction of sp³-hybridized carbons (Fsp3) is 0. The summed E-state index contributed by atoms with van der Waals surface area (Å²) in [4.78, 5) is 14.2. The normalized spacial score (nSPS) is 12.7. The van der Waals surface area contributed by atoms with Crippen LogP contribution in [-0.4, -0.2) is 16.7 Å². The Kier molecular flexibility index (Phi) is 5.23. The molecule has 41 heavy (non-hydrogen) atoms. The molecule has 0 amide bonds. The Hall–Kier alpha value is -5.67.